The zero-order chi connectivity index (χ0) is 26.8. The van der Waals surface area contributed by atoms with Crippen LogP contribution in [0.25, 0.3) is 53.7 Å². The molecule has 0 fully saturated rings. The molecule has 3 heterocycles. The number of furan rings is 1. The molecule has 3 aromatic heterocycles. The lowest BCUT2D eigenvalue weighted by atomic mass is 9.82. The summed E-state index contributed by atoms with van der Waals surface area (Å²) in [7, 11) is 0. The van der Waals surface area contributed by atoms with Crippen LogP contribution < -0.4 is 0 Å². The van der Waals surface area contributed by atoms with E-state index in [4.69, 9.17) is 9.40 Å². The number of rotatable bonds is 4. The summed E-state index contributed by atoms with van der Waals surface area (Å²) in [6.07, 6.45) is 2.98. The maximum Gasteiger partial charge on any atom is 0.148 e. The summed E-state index contributed by atoms with van der Waals surface area (Å²) in [5.41, 5.74) is 8.24. The van der Waals surface area contributed by atoms with Crippen LogP contribution in [0, 0.1) is 19.8 Å². The molecule has 0 saturated carbocycles. The van der Waals surface area contributed by atoms with E-state index in [1.54, 1.807) is 0 Å². The second kappa shape index (κ2) is 9.10. The lowest BCUT2D eigenvalue weighted by molar-refractivity contribution is 0.596. The lowest BCUT2D eigenvalue weighted by Gasteiger charge is -2.22. The number of fused-ring (bicyclic) bond motifs is 3. The number of aryl methyl sites for hydroxylation is 2. The monoisotopic (exact) mass is 517 g/mol. The van der Waals surface area contributed by atoms with Crippen LogP contribution >= 0.6 is 11.3 Å². The van der Waals surface area contributed by atoms with Gasteiger partial charge in [-0.05, 0) is 88.7 Å². The summed E-state index contributed by atoms with van der Waals surface area (Å²) in [5, 5.41) is 4.99. The van der Waals surface area contributed by atoms with Crippen molar-refractivity contribution < 1.29 is 4.42 Å². The van der Waals surface area contributed by atoms with Crippen molar-refractivity contribution in [3.05, 3.63) is 89.1 Å². The summed E-state index contributed by atoms with van der Waals surface area (Å²) < 4.78 is 7.92. The van der Waals surface area contributed by atoms with Crippen LogP contribution in [0.5, 0.6) is 0 Å². The van der Waals surface area contributed by atoms with Gasteiger partial charge in [-0.25, -0.2) is 0 Å². The van der Waals surface area contributed by atoms with Gasteiger partial charge in [-0.15, -0.1) is 11.3 Å². The fourth-order valence-electron chi connectivity index (χ4n) is 5.78. The Morgan fingerprint density at radius 1 is 0.895 bits per heavy atom. The van der Waals surface area contributed by atoms with E-state index < -0.39 is 0 Å². The maximum atomic E-state index is 6.61. The Labute approximate surface area is 229 Å². The molecule has 0 N–H and O–H groups in total. The fourth-order valence-corrected chi connectivity index (χ4v) is 7.01. The largest absolute Gasteiger partial charge is 0.455 e. The Morgan fingerprint density at radius 2 is 1.68 bits per heavy atom. The average molecular weight is 518 g/mol. The Kier molecular flexibility index (Phi) is 5.96. The highest BCUT2D eigenvalue weighted by molar-refractivity contribution is 7.22. The van der Waals surface area contributed by atoms with Crippen molar-refractivity contribution in [3.63, 3.8) is 0 Å². The highest BCUT2D eigenvalue weighted by Crippen LogP contribution is 2.45. The van der Waals surface area contributed by atoms with Gasteiger partial charge in [0.05, 0.1) is 16.0 Å². The standard InChI is InChI=1S/C35H35NOS/c1-20(2)16-23-12-13-30-27(17-23)21(3)34(38-30)33-22(4)31-29(37-33)14-15-36-32(31)25-18-24-10-8-9-11-26(24)28(19-25)35(5,6)7/h8-15,17-20H,16H2,1-7H3. The van der Waals surface area contributed by atoms with Crippen LogP contribution in [-0.2, 0) is 11.8 Å². The van der Waals surface area contributed by atoms with E-state index in [1.807, 2.05) is 23.6 Å². The molecule has 0 aliphatic rings. The molecular formula is C35H35NOS. The topological polar surface area (TPSA) is 26.0 Å². The Hall–Kier alpha value is -3.43. The number of thiophene rings is 1. The second-order valence-electron chi connectivity index (χ2n) is 12.1. The third-order valence-electron chi connectivity index (χ3n) is 7.63. The van der Waals surface area contributed by atoms with Gasteiger partial charge in [-0.3, -0.25) is 4.98 Å². The van der Waals surface area contributed by atoms with Crippen molar-refractivity contribution in [1.29, 1.82) is 0 Å². The third kappa shape index (κ3) is 4.14. The van der Waals surface area contributed by atoms with E-state index in [2.05, 4.69) is 103 Å². The molecule has 0 amide bonds. The van der Waals surface area contributed by atoms with Gasteiger partial charge >= 0.3 is 0 Å². The van der Waals surface area contributed by atoms with E-state index >= 15 is 0 Å². The molecule has 6 rings (SSSR count). The summed E-state index contributed by atoms with van der Waals surface area (Å²) in [5.74, 6) is 1.61. The first-order chi connectivity index (χ1) is 18.1. The van der Waals surface area contributed by atoms with Gasteiger partial charge in [0.15, 0.2) is 0 Å². The first-order valence-corrected chi connectivity index (χ1v) is 14.4. The van der Waals surface area contributed by atoms with E-state index in [1.165, 1.54) is 42.4 Å². The van der Waals surface area contributed by atoms with Gasteiger partial charge in [0, 0.05) is 22.0 Å². The fraction of sp³-hybridized carbons (Fsp3) is 0.286. The maximum absolute atomic E-state index is 6.61. The molecule has 0 aliphatic carbocycles. The summed E-state index contributed by atoms with van der Waals surface area (Å²) in [4.78, 5) is 6.14. The zero-order valence-electron chi connectivity index (χ0n) is 23.4. The van der Waals surface area contributed by atoms with Crippen LogP contribution in [0.15, 0.2) is 71.3 Å². The van der Waals surface area contributed by atoms with Crippen LogP contribution in [0.2, 0.25) is 0 Å². The molecule has 38 heavy (non-hydrogen) atoms. The van der Waals surface area contributed by atoms with Gasteiger partial charge < -0.3 is 4.42 Å². The molecule has 0 saturated heterocycles. The van der Waals surface area contributed by atoms with Crippen LogP contribution in [-0.4, -0.2) is 4.98 Å². The number of aromatic nitrogens is 1. The van der Waals surface area contributed by atoms with Crippen LogP contribution in [0.1, 0.15) is 56.9 Å². The lowest BCUT2D eigenvalue weighted by Crippen LogP contribution is -2.12. The smallest absolute Gasteiger partial charge is 0.148 e. The number of hydrogen-bond acceptors (Lipinski definition) is 3. The molecule has 3 heteroatoms. The minimum Gasteiger partial charge on any atom is -0.455 e. The van der Waals surface area contributed by atoms with Gasteiger partial charge in [0.25, 0.3) is 0 Å². The van der Waals surface area contributed by atoms with Gasteiger partial charge in [0.2, 0.25) is 0 Å². The molecule has 0 unspecified atom stereocenters. The van der Waals surface area contributed by atoms with E-state index in [0.717, 1.165) is 40.0 Å². The molecule has 0 radical (unpaired) electrons. The molecule has 0 atom stereocenters. The van der Waals surface area contributed by atoms with Crippen molar-refractivity contribution >= 4 is 43.2 Å². The summed E-state index contributed by atoms with van der Waals surface area (Å²) in [6, 6.07) is 22.2. The quantitative estimate of drug-likeness (QED) is 0.232. The Balaban J connectivity index is 1.55. The number of pyridine rings is 1. The third-order valence-corrected chi connectivity index (χ3v) is 8.91. The highest BCUT2D eigenvalue weighted by atomic mass is 32.1. The molecule has 2 nitrogen and oxygen atoms in total. The predicted molar refractivity (Wildman–Crippen MR) is 164 cm³/mol. The highest BCUT2D eigenvalue weighted by Gasteiger charge is 2.23. The molecule has 3 aromatic carbocycles. The first kappa shape index (κ1) is 24.9. The molecule has 0 aliphatic heterocycles. The van der Waals surface area contributed by atoms with Gasteiger partial charge in [-0.1, -0.05) is 71.0 Å². The summed E-state index contributed by atoms with van der Waals surface area (Å²) in [6.45, 7) is 15.8. The minimum absolute atomic E-state index is 0.0166. The molecule has 192 valence electrons. The van der Waals surface area contributed by atoms with Gasteiger partial charge in [-0.2, -0.15) is 0 Å². The van der Waals surface area contributed by atoms with Crippen molar-refractivity contribution in [1.82, 2.24) is 4.98 Å². The van der Waals surface area contributed by atoms with Crippen molar-refractivity contribution in [3.8, 4) is 21.9 Å². The minimum atomic E-state index is 0.0166. The van der Waals surface area contributed by atoms with Crippen LogP contribution in [0.4, 0.5) is 0 Å². The van der Waals surface area contributed by atoms with Crippen molar-refractivity contribution in [2.75, 3.05) is 0 Å². The van der Waals surface area contributed by atoms with Crippen molar-refractivity contribution in [2.24, 2.45) is 5.92 Å². The summed E-state index contributed by atoms with van der Waals surface area (Å²) >= 11 is 1.83. The van der Waals surface area contributed by atoms with E-state index in [-0.39, 0.29) is 5.41 Å². The van der Waals surface area contributed by atoms with Gasteiger partial charge in [0.1, 0.15) is 11.3 Å². The average Bonchev–Trinajstić information content (AvgIpc) is 3.38. The van der Waals surface area contributed by atoms with Crippen LogP contribution in [0.3, 0.4) is 0 Å². The zero-order valence-corrected chi connectivity index (χ0v) is 24.2. The predicted octanol–water partition coefficient (Wildman–Crippen LogP) is 10.6. The second-order valence-corrected chi connectivity index (χ2v) is 13.1. The van der Waals surface area contributed by atoms with E-state index in [0.29, 0.717) is 5.92 Å². The normalized spacial score (nSPS) is 12.4. The van der Waals surface area contributed by atoms with Crippen molar-refractivity contribution in [2.45, 2.75) is 60.3 Å². The Morgan fingerprint density at radius 3 is 2.45 bits per heavy atom. The SMILES string of the molecule is Cc1c(-c2oc3ccnc(-c4cc(C(C)(C)C)c5ccccc5c4)c3c2C)sc2ccc(CC(C)C)cc12. The van der Waals surface area contributed by atoms with E-state index in [9.17, 15) is 0 Å². The first-order valence-electron chi connectivity index (χ1n) is 13.6. The molecular weight excluding hydrogens is 482 g/mol. The molecule has 0 spiro atoms. The number of benzene rings is 3. The molecule has 6 aromatic rings. The molecule has 0 bridgehead atoms. The number of hydrogen-bond donors (Lipinski definition) is 0. The number of nitrogens with zero attached hydrogens (tertiary/aromatic N) is 1. The Bertz CT molecular complexity index is 1830.